The van der Waals surface area contributed by atoms with E-state index in [2.05, 4.69) is 10.1 Å². The second kappa shape index (κ2) is 8.02. The van der Waals surface area contributed by atoms with Crippen LogP contribution in [-0.2, 0) is 14.3 Å². The summed E-state index contributed by atoms with van der Waals surface area (Å²) in [5.41, 5.74) is 7.42. The van der Waals surface area contributed by atoms with E-state index in [1.54, 1.807) is 13.8 Å². The van der Waals surface area contributed by atoms with Crippen LogP contribution in [0.25, 0.3) is 0 Å². The summed E-state index contributed by atoms with van der Waals surface area (Å²) in [6.45, 7) is 3.23. The number of nitrogens with zero attached hydrogens (tertiary/aromatic N) is 1. The van der Waals surface area contributed by atoms with E-state index in [1.807, 2.05) is 0 Å². The number of halogens is 1. The fourth-order valence-electron chi connectivity index (χ4n) is 3.25. The van der Waals surface area contributed by atoms with Crippen LogP contribution in [0.15, 0.2) is 24.3 Å². The Morgan fingerprint density at radius 3 is 2.43 bits per heavy atom. The summed E-state index contributed by atoms with van der Waals surface area (Å²) in [4.78, 5) is 38.3. The third-order valence-electron chi connectivity index (χ3n) is 4.95. The summed E-state index contributed by atoms with van der Waals surface area (Å²) in [6.07, 6.45) is -0.286. The molecule has 0 bridgehead atoms. The Hall–Kier alpha value is -3.62. The monoisotopic (exact) mass is 415 g/mol. The van der Waals surface area contributed by atoms with Gasteiger partial charge < -0.3 is 25.4 Å². The van der Waals surface area contributed by atoms with Gasteiger partial charge in [0.15, 0.2) is 5.75 Å². The van der Waals surface area contributed by atoms with Gasteiger partial charge in [0.1, 0.15) is 17.6 Å². The summed E-state index contributed by atoms with van der Waals surface area (Å²) >= 11 is 0. The minimum absolute atomic E-state index is 0.151. The van der Waals surface area contributed by atoms with Gasteiger partial charge in [0.05, 0.1) is 30.5 Å². The molecule has 0 unspecified atom stereocenters. The number of rotatable bonds is 4. The smallest absolute Gasteiger partial charge is 0.308 e. The lowest BCUT2D eigenvalue weighted by atomic mass is 10.1. The van der Waals surface area contributed by atoms with Gasteiger partial charge in [-0.15, -0.1) is 0 Å². The number of methoxy groups -OCH3 is 1. The first kappa shape index (κ1) is 21.1. The summed E-state index contributed by atoms with van der Waals surface area (Å²) in [5, 5.41) is 2.63. The second-order valence-corrected chi connectivity index (χ2v) is 7.11. The first-order chi connectivity index (χ1) is 14.1. The number of esters is 1. The van der Waals surface area contributed by atoms with Crippen LogP contribution in [0.1, 0.15) is 27.9 Å². The molecule has 3 N–H and O–H groups in total. The van der Waals surface area contributed by atoms with E-state index in [1.165, 1.54) is 43.3 Å². The predicted octanol–water partition coefficient (Wildman–Crippen LogP) is 2.77. The molecule has 0 aliphatic carbocycles. The molecule has 0 saturated carbocycles. The standard InChI is InChI=1S/C21H22FN3O5/c1-10-5-12(6-11(2)19(10)22)30-17-7-13-15(8-14(17)23)24-20(27)16(9-18(26)29-4)25(3)21(13)28/h5-8,16H,9,23H2,1-4H3,(H,24,27)/t16-/m0/s1. The third-order valence-corrected chi connectivity index (χ3v) is 4.95. The van der Waals surface area contributed by atoms with E-state index < -0.39 is 23.8 Å². The predicted molar refractivity (Wildman–Crippen MR) is 108 cm³/mol. The van der Waals surface area contributed by atoms with Gasteiger partial charge in [-0.3, -0.25) is 14.4 Å². The highest BCUT2D eigenvalue weighted by Gasteiger charge is 2.35. The molecule has 1 heterocycles. The van der Waals surface area contributed by atoms with E-state index in [-0.39, 0.29) is 34.9 Å². The van der Waals surface area contributed by atoms with E-state index in [0.717, 1.165) is 0 Å². The van der Waals surface area contributed by atoms with Crippen molar-refractivity contribution in [2.45, 2.75) is 26.3 Å². The van der Waals surface area contributed by atoms with Crippen LogP contribution in [-0.4, -0.2) is 42.9 Å². The highest BCUT2D eigenvalue weighted by Crippen LogP contribution is 2.36. The maximum atomic E-state index is 13.9. The highest BCUT2D eigenvalue weighted by molar-refractivity contribution is 6.11. The van der Waals surface area contributed by atoms with Crippen molar-refractivity contribution in [1.82, 2.24) is 4.90 Å². The average molecular weight is 415 g/mol. The SMILES string of the molecule is COC(=O)C[C@H]1C(=O)Nc2cc(N)c(Oc3cc(C)c(F)c(C)c3)cc2C(=O)N1C. The summed E-state index contributed by atoms with van der Waals surface area (Å²) < 4.78 is 24.3. The van der Waals surface area contributed by atoms with Crippen molar-refractivity contribution >= 4 is 29.2 Å². The Balaban J connectivity index is 1.98. The van der Waals surface area contributed by atoms with Crippen LogP contribution >= 0.6 is 0 Å². The van der Waals surface area contributed by atoms with Gasteiger partial charge >= 0.3 is 5.97 Å². The van der Waals surface area contributed by atoms with Crippen molar-refractivity contribution in [3.63, 3.8) is 0 Å². The maximum Gasteiger partial charge on any atom is 0.308 e. The lowest BCUT2D eigenvalue weighted by molar-refractivity contribution is -0.143. The number of hydrogen-bond donors (Lipinski definition) is 2. The van der Waals surface area contributed by atoms with Crippen LogP contribution in [0.2, 0.25) is 0 Å². The maximum absolute atomic E-state index is 13.9. The number of nitrogens with two attached hydrogens (primary N) is 1. The zero-order valence-electron chi connectivity index (χ0n) is 17.0. The largest absolute Gasteiger partial charge is 0.469 e. The molecule has 8 nitrogen and oxygen atoms in total. The zero-order valence-corrected chi connectivity index (χ0v) is 17.0. The van der Waals surface area contributed by atoms with Crippen LogP contribution in [0.5, 0.6) is 11.5 Å². The number of nitrogen functional groups attached to an aromatic ring is 1. The molecule has 1 atom stereocenters. The quantitative estimate of drug-likeness (QED) is 0.587. The van der Waals surface area contributed by atoms with Crippen LogP contribution < -0.4 is 15.8 Å². The molecule has 30 heavy (non-hydrogen) atoms. The Morgan fingerprint density at radius 2 is 1.83 bits per heavy atom. The number of carbonyl (C=O) groups excluding carboxylic acids is 3. The van der Waals surface area contributed by atoms with E-state index in [0.29, 0.717) is 16.9 Å². The number of benzene rings is 2. The Labute approximate surface area is 172 Å². The number of ether oxygens (including phenoxy) is 2. The van der Waals surface area contributed by atoms with Crippen molar-refractivity contribution in [2.75, 3.05) is 25.2 Å². The number of fused-ring (bicyclic) bond motifs is 1. The van der Waals surface area contributed by atoms with E-state index in [9.17, 15) is 18.8 Å². The second-order valence-electron chi connectivity index (χ2n) is 7.11. The average Bonchev–Trinajstić information content (AvgIpc) is 2.77. The molecule has 0 spiro atoms. The summed E-state index contributed by atoms with van der Waals surface area (Å²) in [7, 11) is 2.63. The van der Waals surface area contributed by atoms with Gasteiger partial charge in [-0.05, 0) is 49.2 Å². The van der Waals surface area contributed by atoms with Crippen molar-refractivity contribution in [2.24, 2.45) is 0 Å². The summed E-state index contributed by atoms with van der Waals surface area (Å²) in [6, 6.07) is 4.84. The molecule has 0 aromatic heterocycles. The number of likely N-dealkylation sites (N-methyl/N-ethyl adjacent to an activating group) is 1. The minimum Gasteiger partial charge on any atom is -0.469 e. The normalized spacial score (nSPS) is 15.9. The van der Waals surface area contributed by atoms with Gasteiger partial charge in [-0.1, -0.05) is 0 Å². The number of amides is 2. The van der Waals surface area contributed by atoms with Crippen molar-refractivity contribution in [3.05, 3.63) is 46.8 Å². The molecule has 2 amide bonds. The topological polar surface area (TPSA) is 111 Å². The van der Waals surface area contributed by atoms with Crippen LogP contribution in [0.4, 0.5) is 15.8 Å². The Morgan fingerprint density at radius 1 is 1.20 bits per heavy atom. The van der Waals surface area contributed by atoms with E-state index in [4.69, 9.17) is 10.5 Å². The van der Waals surface area contributed by atoms with Crippen molar-refractivity contribution in [1.29, 1.82) is 0 Å². The molecule has 0 saturated heterocycles. The van der Waals surface area contributed by atoms with Gasteiger partial charge in [0.2, 0.25) is 5.91 Å². The molecule has 1 aliphatic rings. The van der Waals surface area contributed by atoms with Gasteiger partial charge in [0.25, 0.3) is 5.91 Å². The lowest BCUT2D eigenvalue weighted by Gasteiger charge is -2.23. The molecular formula is C21H22FN3O5. The first-order valence-corrected chi connectivity index (χ1v) is 9.15. The number of carbonyl (C=O) groups is 3. The number of hydrogen-bond acceptors (Lipinski definition) is 6. The van der Waals surface area contributed by atoms with Crippen LogP contribution in [0.3, 0.4) is 0 Å². The molecule has 2 aromatic rings. The zero-order chi connectivity index (χ0) is 22.2. The fourth-order valence-corrected chi connectivity index (χ4v) is 3.25. The van der Waals surface area contributed by atoms with Crippen molar-refractivity contribution < 1.29 is 28.2 Å². The molecule has 3 rings (SSSR count). The fraction of sp³-hybridized carbons (Fsp3) is 0.286. The summed E-state index contributed by atoms with van der Waals surface area (Å²) in [5.74, 6) is -1.43. The molecule has 2 aromatic carbocycles. The van der Waals surface area contributed by atoms with Gasteiger partial charge in [0, 0.05) is 7.05 Å². The number of aryl methyl sites for hydroxylation is 2. The molecule has 9 heteroatoms. The number of nitrogens with one attached hydrogen (secondary N) is 1. The Bertz CT molecular complexity index is 1030. The number of anilines is 2. The van der Waals surface area contributed by atoms with E-state index >= 15 is 0 Å². The van der Waals surface area contributed by atoms with Gasteiger partial charge in [-0.25, -0.2) is 4.39 Å². The third kappa shape index (κ3) is 3.91. The Kier molecular flexibility index (Phi) is 5.64. The molecule has 0 fully saturated rings. The first-order valence-electron chi connectivity index (χ1n) is 9.15. The molecule has 158 valence electrons. The van der Waals surface area contributed by atoms with Crippen molar-refractivity contribution in [3.8, 4) is 11.5 Å². The lowest BCUT2D eigenvalue weighted by Crippen LogP contribution is -2.44. The van der Waals surface area contributed by atoms with Crippen LogP contribution in [0, 0.1) is 19.7 Å². The van der Waals surface area contributed by atoms with Gasteiger partial charge in [-0.2, -0.15) is 0 Å². The highest BCUT2D eigenvalue weighted by atomic mass is 19.1. The minimum atomic E-state index is -1.04. The molecular weight excluding hydrogens is 393 g/mol. The molecule has 1 aliphatic heterocycles. The molecule has 0 radical (unpaired) electrons.